The molecule has 0 amide bonds. The number of rotatable bonds is 13. The minimum Gasteiger partial charge on any atom is -0.496 e. The molecule has 0 aliphatic rings. The van der Waals surface area contributed by atoms with Crippen LogP contribution in [0.2, 0.25) is 0 Å². The Kier molecular flexibility index (Phi) is 11.5. The van der Waals surface area contributed by atoms with Gasteiger partial charge in [0.2, 0.25) is 0 Å². The van der Waals surface area contributed by atoms with Gasteiger partial charge in [0.05, 0.1) is 33.5 Å². The number of benzene rings is 2. The van der Waals surface area contributed by atoms with Gasteiger partial charge in [-0.1, -0.05) is 42.0 Å². The van der Waals surface area contributed by atoms with Gasteiger partial charge in [-0.05, 0) is 49.9 Å². The maximum Gasteiger partial charge on any atom is 0.191 e. The second-order valence-electron chi connectivity index (χ2n) is 7.26. The molecule has 2 aromatic rings. The van der Waals surface area contributed by atoms with E-state index in [0.717, 1.165) is 49.0 Å². The molecule has 0 unspecified atom stereocenters. The summed E-state index contributed by atoms with van der Waals surface area (Å²) in [5.41, 5.74) is 4.73. The Morgan fingerprint density at radius 1 is 0.968 bits per heavy atom. The largest absolute Gasteiger partial charge is 0.496 e. The highest BCUT2D eigenvalue weighted by Gasteiger charge is 2.04. The average molecular weight is 428 g/mol. The van der Waals surface area contributed by atoms with Crippen LogP contribution in [0.3, 0.4) is 0 Å². The Morgan fingerprint density at radius 2 is 1.77 bits per heavy atom. The minimum absolute atomic E-state index is 0.585. The van der Waals surface area contributed by atoms with Crippen LogP contribution in [0.25, 0.3) is 0 Å². The number of ether oxygens (including phenoxy) is 3. The van der Waals surface area contributed by atoms with E-state index < -0.39 is 0 Å². The van der Waals surface area contributed by atoms with E-state index in [-0.39, 0.29) is 0 Å². The molecule has 0 atom stereocenters. The molecule has 0 fully saturated rings. The van der Waals surface area contributed by atoms with Gasteiger partial charge < -0.3 is 24.8 Å². The zero-order chi connectivity index (χ0) is 22.3. The van der Waals surface area contributed by atoms with Crippen molar-refractivity contribution in [2.45, 2.75) is 40.3 Å². The van der Waals surface area contributed by atoms with Crippen molar-refractivity contribution in [3.63, 3.8) is 0 Å². The summed E-state index contributed by atoms with van der Waals surface area (Å²) in [5.74, 6) is 1.74. The summed E-state index contributed by atoms with van der Waals surface area (Å²) < 4.78 is 16.4. The summed E-state index contributed by atoms with van der Waals surface area (Å²) in [7, 11) is 1.71. The van der Waals surface area contributed by atoms with Crippen molar-refractivity contribution < 1.29 is 14.2 Å². The number of nitrogens with zero attached hydrogens (tertiary/aromatic N) is 1. The summed E-state index contributed by atoms with van der Waals surface area (Å²) in [4.78, 5) is 4.74. The van der Waals surface area contributed by atoms with Gasteiger partial charge in [-0.25, -0.2) is 4.99 Å². The van der Waals surface area contributed by atoms with Gasteiger partial charge in [0, 0.05) is 19.7 Å². The second-order valence-corrected chi connectivity index (χ2v) is 7.26. The Bertz CT molecular complexity index is 808. The van der Waals surface area contributed by atoms with E-state index in [0.29, 0.717) is 26.4 Å². The van der Waals surface area contributed by atoms with Crippen LogP contribution in [0.4, 0.5) is 0 Å². The first-order valence-electron chi connectivity index (χ1n) is 11.0. The number of methoxy groups -OCH3 is 1. The second kappa shape index (κ2) is 14.4. The molecule has 2 N–H and O–H groups in total. The first-order chi connectivity index (χ1) is 15.2. The monoisotopic (exact) mass is 427 g/mol. The molecule has 31 heavy (non-hydrogen) atoms. The van der Waals surface area contributed by atoms with Gasteiger partial charge in [-0.15, -0.1) is 0 Å². The Labute approximate surface area is 187 Å². The van der Waals surface area contributed by atoms with Crippen molar-refractivity contribution in [2.24, 2.45) is 4.99 Å². The van der Waals surface area contributed by atoms with Crippen molar-refractivity contribution in [1.82, 2.24) is 10.6 Å². The summed E-state index contributed by atoms with van der Waals surface area (Å²) in [6, 6.07) is 14.6. The number of nitrogens with one attached hydrogen (secondary N) is 2. The maximum atomic E-state index is 5.67. The molecule has 0 saturated heterocycles. The lowest BCUT2D eigenvalue weighted by atomic mass is 10.1. The number of aliphatic imine (C=N–C) groups is 1. The minimum atomic E-state index is 0.585. The predicted molar refractivity (Wildman–Crippen MR) is 127 cm³/mol. The van der Waals surface area contributed by atoms with Crippen LogP contribution >= 0.6 is 0 Å². The van der Waals surface area contributed by atoms with Crippen molar-refractivity contribution >= 4 is 5.96 Å². The standard InChI is InChI=1S/C25H37N3O3/c1-5-26-25(27-13-12-23-16-20(3)10-11-24(23)29-4)28-18-21-8-7-9-22(17-21)19-31-15-14-30-6-2/h7-11,16-17H,5-6,12-15,18-19H2,1-4H3,(H2,26,27,28). The van der Waals surface area contributed by atoms with Crippen LogP contribution in [0.1, 0.15) is 36.1 Å². The molecule has 170 valence electrons. The quantitative estimate of drug-likeness (QED) is 0.289. The third-order valence-electron chi connectivity index (χ3n) is 4.72. The van der Waals surface area contributed by atoms with E-state index in [2.05, 4.69) is 60.9 Å². The molecule has 0 aliphatic heterocycles. The van der Waals surface area contributed by atoms with Gasteiger partial charge in [0.1, 0.15) is 5.75 Å². The van der Waals surface area contributed by atoms with E-state index in [1.165, 1.54) is 11.1 Å². The van der Waals surface area contributed by atoms with E-state index in [9.17, 15) is 0 Å². The predicted octanol–water partition coefficient (Wildman–Crippen LogP) is 3.85. The fraction of sp³-hybridized carbons (Fsp3) is 0.480. The Hall–Kier alpha value is -2.57. The lowest BCUT2D eigenvalue weighted by Gasteiger charge is -2.13. The first-order valence-corrected chi connectivity index (χ1v) is 11.0. The van der Waals surface area contributed by atoms with Crippen molar-refractivity contribution in [1.29, 1.82) is 0 Å². The highest BCUT2D eigenvalue weighted by molar-refractivity contribution is 5.79. The van der Waals surface area contributed by atoms with Crippen molar-refractivity contribution in [2.75, 3.05) is 40.0 Å². The van der Waals surface area contributed by atoms with Crippen LogP contribution in [-0.2, 0) is 29.0 Å². The molecule has 0 bridgehead atoms. The molecule has 6 heteroatoms. The molecule has 0 heterocycles. The first kappa shape index (κ1) is 24.7. The molecule has 0 spiro atoms. The van der Waals surface area contributed by atoms with Crippen molar-refractivity contribution in [3.8, 4) is 5.75 Å². The molecule has 6 nitrogen and oxygen atoms in total. The van der Waals surface area contributed by atoms with Crippen LogP contribution in [0.15, 0.2) is 47.5 Å². The molecule has 2 aromatic carbocycles. The fourth-order valence-corrected chi connectivity index (χ4v) is 3.20. The summed E-state index contributed by atoms with van der Waals surface area (Å²) in [6.45, 7) is 10.9. The average Bonchev–Trinajstić information content (AvgIpc) is 2.78. The SMILES string of the molecule is CCNC(=NCc1cccc(COCCOCC)c1)NCCc1cc(C)ccc1OC. The molecule has 0 aromatic heterocycles. The van der Waals surface area contributed by atoms with Crippen LogP contribution in [-0.4, -0.2) is 46.0 Å². The summed E-state index contributed by atoms with van der Waals surface area (Å²) in [6.07, 6.45) is 0.865. The number of guanidine groups is 1. The maximum absolute atomic E-state index is 5.67. The normalized spacial score (nSPS) is 11.4. The van der Waals surface area contributed by atoms with Crippen LogP contribution in [0, 0.1) is 6.92 Å². The van der Waals surface area contributed by atoms with Gasteiger partial charge in [0.25, 0.3) is 0 Å². The highest BCUT2D eigenvalue weighted by Crippen LogP contribution is 2.19. The van der Waals surface area contributed by atoms with Gasteiger partial charge in [-0.3, -0.25) is 0 Å². The number of hydrogen-bond donors (Lipinski definition) is 2. The smallest absolute Gasteiger partial charge is 0.191 e. The lowest BCUT2D eigenvalue weighted by Crippen LogP contribution is -2.38. The van der Waals surface area contributed by atoms with Gasteiger partial charge in [-0.2, -0.15) is 0 Å². The summed E-state index contributed by atoms with van der Waals surface area (Å²) >= 11 is 0. The van der Waals surface area contributed by atoms with Gasteiger partial charge >= 0.3 is 0 Å². The fourth-order valence-electron chi connectivity index (χ4n) is 3.20. The molecule has 0 aliphatic carbocycles. The van der Waals surface area contributed by atoms with Crippen molar-refractivity contribution in [3.05, 3.63) is 64.7 Å². The zero-order valence-corrected chi connectivity index (χ0v) is 19.4. The topological polar surface area (TPSA) is 64.1 Å². The van der Waals surface area contributed by atoms with E-state index in [1.54, 1.807) is 7.11 Å². The van der Waals surface area contributed by atoms with E-state index >= 15 is 0 Å². The summed E-state index contributed by atoms with van der Waals surface area (Å²) in [5, 5.41) is 6.74. The molecular weight excluding hydrogens is 390 g/mol. The van der Waals surface area contributed by atoms with E-state index in [4.69, 9.17) is 19.2 Å². The molecular formula is C25H37N3O3. The number of hydrogen-bond acceptors (Lipinski definition) is 4. The molecule has 2 rings (SSSR count). The Morgan fingerprint density at radius 3 is 2.55 bits per heavy atom. The zero-order valence-electron chi connectivity index (χ0n) is 19.4. The number of aryl methyl sites for hydroxylation is 1. The Balaban J connectivity index is 1.88. The third-order valence-corrected chi connectivity index (χ3v) is 4.72. The lowest BCUT2D eigenvalue weighted by molar-refractivity contribution is 0.0453. The van der Waals surface area contributed by atoms with E-state index in [1.807, 2.05) is 13.0 Å². The molecule has 0 saturated carbocycles. The van der Waals surface area contributed by atoms with Gasteiger partial charge in [0.15, 0.2) is 5.96 Å². The van der Waals surface area contributed by atoms with Crippen LogP contribution < -0.4 is 15.4 Å². The highest BCUT2D eigenvalue weighted by atomic mass is 16.5. The third kappa shape index (κ3) is 9.40. The molecule has 0 radical (unpaired) electrons. The van der Waals surface area contributed by atoms with Crippen LogP contribution in [0.5, 0.6) is 5.75 Å².